The van der Waals surface area contributed by atoms with Crippen LogP contribution < -0.4 is 5.32 Å². The highest BCUT2D eigenvalue weighted by Gasteiger charge is 2.32. The molecule has 72 valence electrons. The molecule has 1 rings (SSSR count). The highest BCUT2D eigenvalue weighted by Crippen LogP contribution is 2.26. The average Bonchev–Trinajstić information content (AvgIpc) is 2.19. The van der Waals surface area contributed by atoms with E-state index in [-0.39, 0.29) is 0 Å². The number of hydrogen-bond donors (Lipinski definition) is 1. The number of nitriles is 1. The number of rotatable bonds is 2. The second kappa shape index (κ2) is 4.58. The van der Waals surface area contributed by atoms with Crippen LogP contribution in [0.5, 0.6) is 0 Å². The fourth-order valence-corrected chi connectivity index (χ4v) is 0.980. The van der Waals surface area contributed by atoms with Crippen LogP contribution in [0.3, 0.4) is 0 Å². The van der Waals surface area contributed by atoms with Gasteiger partial charge in [-0.15, -0.1) is 0 Å². The number of amides is 1. The Morgan fingerprint density at radius 1 is 1.36 bits per heavy atom. The van der Waals surface area contributed by atoms with Crippen molar-refractivity contribution in [2.75, 3.05) is 5.32 Å². The van der Waals surface area contributed by atoms with Gasteiger partial charge in [-0.2, -0.15) is 5.26 Å². The summed E-state index contributed by atoms with van der Waals surface area (Å²) in [5, 5.41) is 11.2. The molecule has 0 saturated heterocycles. The van der Waals surface area contributed by atoms with E-state index in [0.717, 1.165) is 0 Å². The number of halogens is 2. The molecule has 0 aromatic heterocycles. The summed E-state index contributed by atoms with van der Waals surface area (Å²) in [4.78, 5) is 11.4. The van der Waals surface area contributed by atoms with Crippen LogP contribution in [0.25, 0.3) is 0 Å². The lowest BCUT2D eigenvalue weighted by molar-refractivity contribution is -0.115. The number of nitrogens with zero attached hydrogens (tertiary/aromatic N) is 1. The van der Waals surface area contributed by atoms with Crippen molar-refractivity contribution in [3.8, 4) is 6.07 Å². The standard InChI is InChI=1S/C9H6Br2N2O/c10-9(11,6-12)8(14)13-7-4-2-1-3-5-7/h1-5H,(H,13,14). The van der Waals surface area contributed by atoms with Gasteiger partial charge in [0.15, 0.2) is 0 Å². The molecule has 0 spiro atoms. The van der Waals surface area contributed by atoms with Crippen LogP contribution in [0.4, 0.5) is 5.69 Å². The molecule has 0 saturated carbocycles. The molecule has 0 aliphatic heterocycles. The zero-order valence-electron chi connectivity index (χ0n) is 7.00. The molecule has 0 unspecified atom stereocenters. The first kappa shape index (κ1) is 11.2. The van der Waals surface area contributed by atoms with E-state index in [1.54, 1.807) is 30.3 Å². The molecule has 1 aromatic rings. The molecular weight excluding hydrogens is 312 g/mol. The van der Waals surface area contributed by atoms with Gasteiger partial charge in [-0.25, -0.2) is 0 Å². The fraction of sp³-hybridized carbons (Fsp3) is 0.111. The maximum atomic E-state index is 11.4. The van der Waals surface area contributed by atoms with Crippen LogP contribution >= 0.6 is 31.9 Å². The Hall–Kier alpha value is -0.860. The van der Waals surface area contributed by atoms with Crippen molar-refractivity contribution in [2.24, 2.45) is 0 Å². The summed E-state index contributed by atoms with van der Waals surface area (Å²) >= 11 is 5.89. The smallest absolute Gasteiger partial charge is 0.266 e. The molecule has 0 fully saturated rings. The molecule has 3 nitrogen and oxygen atoms in total. The lowest BCUT2D eigenvalue weighted by atomic mass is 10.3. The van der Waals surface area contributed by atoms with E-state index in [4.69, 9.17) is 5.26 Å². The first-order valence-electron chi connectivity index (χ1n) is 3.72. The third-order valence-corrected chi connectivity index (χ3v) is 2.53. The summed E-state index contributed by atoms with van der Waals surface area (Å²) in [6.07, 6.45) is 0. The number of alkyl halides is 2. The van der Waals surface area contributed by atoms with Crippen molar-refractivity contribution in [1.82, 2.24) is 0 Å². The van der Waals surface area contributed by atoms with Crippen molar-refractivity contribution in [1.29, 1.82) is 5.26 Å². The van der Waals surface area contributed by atoms with Crippen molar-refractivity contribution < 1.29 is 4.79 Å². The number of nitrogens with one attached hydrogen (secondary N) is 1. The van der Waals surface area contributed by atoms with Gasteiger partial charge in [-0.3, -0.25) is 4.79 Å². The van der Waals surface area contributed by atoms with Crippen molar-refractivity contribution in [2.45, 2.75) is 3.23 Å². The lowest BCUT2D eigenvalue weighted by Gasteiger charge is -2.11. The topological polar surface area (TPSA) is 52.9 Å². The van der Waals surface area contributed by atoms with Crippen LogP contribution in [-0.2, 0) is 4.79 Å². The summed E-state index contributed by atoms with van der Waals surface area (Å²) in [6.45, 7) is 0. The number of carbonyl (C=O) groups is 1. The van der Waals surface area contributed by atoms with Gasteiger partial charge in [-0.05, 0) is 44.0 Å². The van der Waals surface area contributed by atoms with Crippen LogP contribution in [0.2, 0.25) is 0 Å². The molecule has 0 heterocycles. The molecule has 1 N–H and O–H groups in total. The molecule has 1 amide bonds. The van der Waals surface area contributed by atoms with Gasteiger partial charge >= 0.3 is 0 Å². The summed E-state index contributed by atoms with van der Waals surface area (Å²) in [5.74, 6) is -0.453. The molecule has 0 atom stereocenters. The van der Waals surface area contributed by atoms with Crippen LogP contribution in [0.1, 0.15) is 0 Å². The third-order valence-electron chi connectivity index (χ3n) is 1.46. The minimum Gasteiger partial charge on any atom is -0.323 e. The first-order chi connectivity index (χ1) is 6.56. The van der Waals surface area contributed by atoms with E-state index in [2.05, 4.69) is 37.2 Å². The Morgan fingerprint density at radius 3 is 2.43 bits per heavy atom. The van der Waals surface area contributed by atoms with Crippen LogP contribution in [-0.4, -0.2) is 9.14 Å². The Bertz CT molecular complexity index is 370. The molecule has 5 heteroatoms. The van der Waals surface area contributed by atoms with Gasteiger partial charge < -0.3 is 5.32 Å². The Balaban J connectivity index is 2.73. The van der Waals surface area contributed by atoms with Gasteiger partial charge in [0, 0.05) is 5.69 Å². The predicted octanol–water partition coefficient (Wildman–Crippen LogP) is 2.63. The van der Waals surface area contributed by atoms with Gasteiger partial charge in [0.05, 0.1) is 0 Å². The zero-order valence-corrected chi connectivity index (χ0v) is 10.2. The number of para-hydroxylation sites is 1. The Labute approximate surface area is 98.4 Å². The minimum atomic E-state index is -1.37. The van der Waals surface area contributed by atoms with E-state index >= 15 is 0 Å². The minimum absolute atomic E-state index is 0.453. The number of anilines is 1. The molecule has 1 aromatic carbocycles. The summed E-state index contributed by atoms with van der Waals surface area (Å²) in [7, 11) is 0. The number of hydrogen-bond acceptors (Lipinski definition) is 2. The van der Waals surface area contributed by atoms with Crippen molar-refractivity contribution >= 4 is 43.5 Å². The van der Waals surface area contributed by atoms with E-state index in [9.17, 15) is 4.79 Å². The number of benzene rings is 1. The quantitative estimate of drug-likeness (QED) is 0.852. The normalized spacial score (nSPS) is 10.4. The van der Waals surface area contributed by atoms with Crippen LogP contribution in [0.15, 0.2) is 30.3 Å². The Kier molecular flexibility index (Phi) is 3.67. The lowest BCUT2D eigenvalue weighted by Crippen LogP contribution is -2.29. The molecular formula is C9H6Br2N2O. The largest absolute Gasteiger partial charge is 0.323 e. The first-order valence-corrected chi connectivity index (χ1v) is 5.30. The highest BCUT2D eigenvalue weighted by atomic mass is 79.9. The summed E-state index contributed by atoms with van der Waals surface area (Å²) in [6, 6.07) is 10.7. The average molecular weight is 318 g/mol. The summed E-state index contributed by atoms with van der Waals surface area (Å²) in [5.41, 5.74) is 0.649. The maximum Gasteiger partial charge on any atom is 0.266 e. The predicted molar refractivity (Wildman–Crippen MR) is 61.3 cm³/mol. The van der Waals surface area contributed by atoms with Gasteiger partial charge in [0.1, 0.15) is 6.07 Å². The SMILES string of the molecule is N#CC(Br)(Br)C(=O)Nc1ccccc1. The fourth-order valence-electron chi connectivity index (χ4n) is 0.782. The zero-order chi connectivity index (χ0) is 10.6. The van der Waals surface area contributed by atoms with E-state index in [1.807, 2.05) is 6.07 Å². The van der Waals surface area contributed by atoms with Crippen LogP contribution in [0, 0.1) is 11.3 Å². The van der Waals surface area contributed by atoms with Gasteiger partial charge in [-0.1, -0.05) is 18.2 Å². The van der Waals surface area contributed by atoms with Crippen molar-refractivity contribution in [3.05, 3.63) is 30.3 Å². The number of carbonyl (C=O) groups excluding carboxylic acids is 1. The van der Waals surface area contributed by atoms with E-state index < -0.39 is 9.14 Å². The third kappa shape index (κ3) is 2.82. The van der Waals surface area contributed by atoms with E-state index in [0.29, 0.717) is 5.69 Å². The summed E-state index contributed by atoms with van der Waals surface area (Å²) < 4.78 is -1.37. The molecule has 14 heavy (non-hydrogen) atoms. The molecule has 0 radical (unpaired) electrons. The maximum absolute atomic E-state index is 11.4. The molecule has 0 bridgehead atoms. The monoisotopic (exact) mass is 316 g/mol. The van der Waals surface area contributed by atoms with Crippen molar-refractivity contribution in [3.63, 3.8) is 0 Å². The highest BCUT2D eigenvalue weighted by molar-refractivity contribution is 9.26. The second-order valence-corrected chi connectivity index (χ2v) is 5.95. The van der Waals surface area contributed by atoms with E-state index in [1.165, 1.54) is 0 Å². The Morgan fingerprint density at radius 2 is 1.93 bits per heavy atom. The molecule has 0 aliphatic rings. The second-order valence-electron chi connectivity index (χ2n) is 2.51. The van der Waals surface area contributed by atoms with Gasteiger partial charge in [0.2, 0.25) is 3.23 Å². The van der Waals surface area contributed by atoms with Gasteiger partial charge in [0.25, 0.3) is 5.91 Å². The molecule has 0 aliphatic carbocycles.